The first-order chi connectivity index (χ1) is 9.61. The highest BCUT2D eigenvalue weighted by Crippen LogP contribution is 2.47. The second kappa shape index (κ2) is 8.96. The van der Waals surface area contributed by atoms with Gasteiger partial charge in [-0.2, -0.15) is 0 Å². The van der Waals surface area contributed by atoms with E-state index in [-0.39, 0.29) is 0 Å². The first-order valence-corrected chi connectivity index (χ1v) is 9.02. The number of nitrogens with zero attached hydrogens (tertiary/aromatic N) is 1. The van der Waals surface area contributed by atoms with E-state index in [2.05, 4.69) is 66.6 Å². The van der Waals surface area contributed by atoms with Gasteiger partial charge in [0.1, 0.15) is 0 Å². The summed E-state index contributed by atoms with van der Waals surface area (Å²) < 4.78 is 0. The second-order valence-electron chi connectivity index (χ2n) is 8.64. The third kappa shape index (κ3) is 6.53. The van der Waals surface area contributed by atoms with Crippen molar-refractivity contribution in [1.29, 1.82) is 0 Å². The summed E-state index contributed by atoms with van der Waals surface area (Å²) in [5, 5.41) is 0. The van der Waals surface area contributed by atoms with Gasteiger partial charge in [0.2, 0.25) is 0 Å². The molecule has 0 fully saturated rings. The molecule has 3 unspecified atom stereocenters. The first kappa shape index (κ1) is 20.7. The Labute approximate surface area is 135 Å². The maximum absolute atomic E-state index is 4.25. The second-order valence-corrected chi connectivity index (χ2v) is 8.64. The van der Waals surface area contributed by atoms with Crippen molar-refractivity contribution < 1.29 is 0 Å². The Balaban J connectivity index is 5.34. The minimum atomic E-state index is 0.342. The van der Waals surface area contributed by atoms with Crippen molar-refractivity contribution in [2.75, 3.05) is 7.05 Å². The fourth-order valence-corrected chi connectivity index (χ4v) is 4.36. The molecule has 21 heavy (non-hydrogen) atoms. The molecule has 0 aliphatic heterocycles. The molecule has 1 nitrogen and oxygen atoms in total. The zero-order chi connectivity index (χ0) is 16.7. The van der Waals surface area contributed by atoms with Gasteiger partial charge in [-0.05, 0) is 54.1 Å². The lowest BCUT2D eigenvalue weighted by Crippen LogP contribution is -2.38. The van der Waals surface area contributed by atoms with Gasteiger partial charge in [0.05, 0.1) is 0 Å². The molecule has 0 saturated carbocycles. The van der Waals surface area contributed by atoms with E-state index < -0.39 is 0 Å². The van der Waals surface area contributed by atoms with Crippen LogP contribution in [0, 0.1) is 28.6 Å². The van der Waals surface area contributed by atoms with Gasteiger partial charge in [-0.25, -0.2) is 0 Å². The van der Waals surface area contributed by atoms with Gasteiger partial charge in [0.15, 0.2) is 0 Å². The van der Waals surface area contributed by atoms with Gasteiger partial charge >= 0.3 is 0 Å². The highest BCUT2D eigenvalue weighted by molar-refractivity contribution is 5.57. The van der Waals surface area contributed by atoms with Crippen LogP contribution in [-0.2, 0) is 0 Å². The summed E-state index contributed by atoms with van der Waals surface area (Å²) in [6.45, 7) is 19.3. The van der Waals surface area contributed by atoms with E-state index in [4.69, 9.17) is 0 Å². The molecule has 0 aromatic heterocycles. The molecule has 0 aliphatic rings. The molecular formula is C20H41N. The summed E-state index contributed by atoms with van der Waals surface area (Å²) in [4.78, 5) is 4.25. The Morgan fingerprint density at radius 3 is 1.90 bits per heavy atom. The predicted octanol–water partition coefficient (Wildman–Crippen LogP) is 6.62. The molecule has 0 spiro atoms. The molecule has 126 valence electrons. The summed E-state index contributed by atoms with van der Waals surface area (Å²) in [5.74, 6) is 2.25. The third-order valence-electron chi connectivity index (χ3n) is 5.42. The van der Waals surface area contributed by atoms with Gasteiger partial charge in [-0.3, -0.25) is 0 Å². The van der Waals surface area contributed by atoms with Crippen LogP contribution in [0.25, 0.3) is 0 Å². The topological polar surface area (TPSA) is 12.4 Å². The molecule has 0 aromatic rings. The number of hydrogen-bond donors (Lipinski definition) is 0. The molecule has 0 heterocycles. The standard InChI is InChI=1S/C20H41N/c1-10-12-18(20(7,8)14-11-2)16(3)17(13-15-21-9)19(4,5)6/h15-18H,10-14H2,1-9H3. The van der Waals surface area contributed by atoms with Crippen LogP contribution in [0.1, 0.15) is 87.5 Å². The van der Waals surface area contributed by atoms with Crippen LogP contribution in [0.3, 0.4) is 0 Å². The average molecular weight is 296 g/mol. The van der Waals surface area contributed by atoms with Crippen LogP contribution < -0.4 is 0 Å². The van der Waals surface area contributed by atoms with Crippen molar-refractivity contribution in [3.63, 3.8) is 0 Å². The summed E-state index contributed by atoms with van der Waals surface area (Å²) in [6.07, 6.45) is 8.51. The van der Waals surface area contributed by atoms with Crippen LogP contribution in [0.2, 0.25) is 0 Å². The Hall–Kier alpha value is -0.330. The fraction of sp³-hybridized carbons (Fsp3) is 0.950. The van der Waals surface area contributed by atoms with Crippen molar-refractivity contribution in [1.82, 2.24) is 0 Å². The molecule has 1 heteroatoms. The van der Waals surface area contributed by atoms with Gasteiger partial charge in [-0.1, -0.05) is 68.2 Å². The van der Waals surface area contributed by atoms with Crippen molar-refractivity contribution in [3.8, 4) is 0 Å². The Morgan fingerprint density at radius 2 is 1.52 bits per heavy atom. The Bertz CT molecular complexity index is 295. The van der Waals surface area contributed by atoms with E-state index in [0.717, 1.165) is 18.3 Å². The maximum atomic E-state index is 4.25. The largest absolute Gasteiger partial charge is 0.301 e. The molecule has 0 rings (SSSR count). The average Bonchev–Trinajstić information content (AvgIpc) is 2.34. The SMILES string of the molecule is CCCC(C(C)C(CC=NC)C(C)(C)C)C(C)(C)CCC. The molecule has 0 aliphatic carbocycles. The van der Waals surface area contributed by atoms with E-state index in [1.165, 1.54) is 25.7 Å². The summed E-state index contributed by atoms with van der Waals surface area (Å²) in [7, 11) is 1.90. The highest BCUT2D eigenvalue weighted by atomic mass is 14.6. The Kier molecular flexibility index (Phi) is 8.81. The van der Waals surface area contributed by atoms with Crippen LogP contribution >= 0.6 is 0 Å². The Morgan fingerprint density at radius 1 is 0.952 bits per heavy atom. The predicted molar refractivity (Wildman–Crippen MR) is 98.2 cm³/mol. The first-order valence-electron chi connectivity index (χ1n) is 9.02. The quantitative estimate of drug-likeness (QED) is 0.424. The van der Waals surface area contributed by atoms with E-state index in [1.54, 1.807) is 0 Å². The fourth-order valence-electron chi connectivity index (χ4n) is 4.36. The summed E-state index contributed by atoms with van der Waals surface area (Å²) in [5.41, 5.74) is 0.784. The minimum absolute atomic E-state index is 0.342. The third-order valence-corrected chi connectivity index (χ3v) is 5.42. The minimum Gasteiger partial charge on any atom is -0.301 e. The van der Waals surface area contributed by atoms with E-state index in [9.17, 15) is 0 Å². The van der Waals surface area contributed by atoms with Crippen molar-refractivity contribution in [3.05, 3.63) is 0 Å². The van der Waals surface area contributed by atoms with Crippen molar-refractivity contribution in [2.45, 2.75) is 87.5 Å². The number of hydrogen-bond acceptors (Lipinski definition) is 1. The van der Waals surface area contributed by atoms with Gasteiger partial charge in [-0.15, -0.1) is 0 Å². The smallest absolute Gasteiger partial charge is 0.0273 e. The molecule has 0 N–H and O–H groups in total. The molecule has 0 bridgehead atoms. The molecule has 0 saturated heterocycles. The van der Waals surface area contributed by atoms with Crippen molar-refractivity contribution in [2.24, 2.45) is 33.6 Å². The van der Waals surface area contributed by atoms with Crippen LogP contribution in [0.15, 0.2) is 4.99 Å². The zero-order valence-electron chi connectivity index (χ0n) is 16.3. The maximum Gasteiger partial charge on any atom is 0.0273 e. The molecule has 0 aromatic carbocycles. The van der Waals surface area contributed by atoms with E-state index >= 15 is 0 Å². The van der Waals surface area contributed by atoms with E-state index in [1.807, 2.05) is 7.05 Å². The molecular weight excluding hydrogens is 254 g/mol. The number of aliphatic imine (C=N–C) groups is 1. The zero-order valence-corrected chi connectivity index (χ0v) is 16.3. The van der Waals surface area contributed by atoms with Crippen LogP contribution in [0.5, 0.6) is 0 Å². The van der Waals surface area contributed by atoms with E-state index in [0.29, 0.717) is 16.7 Å². The van der Waals surface area contributed by atoms with Crippen LogP contribution in [-0.4, -0.2) is 13.3 Å². The monoisotopic (exact) mass is 295 g/mol. The van der Waals surface area contributed by atoms with Gasteiger partial charge in [0.25, 0.3) is 0 Å². The van der Waals surface area contributed by atoms with Gasteiger partial charge in [0, 0.05) is 7.05 Å². The lowest BCUT2D eigenvalue weighted by molar-refractivity contribution is 0.0466. The highest BCUT2D eigenvalue weighted by Gasteiger charge is 2.39. The van der Waals surface area contributed by atoms with Crippen LogP contribution in [0.4, 0.5) is 0 Å². The molecule has 0 amide bonds. The van der Waals surface area contributed by atoms with Crippen molar-refractivity contribution >= 4 is 6.21 Å². The normalized spacial score (nSPS) is 18.0. The molecule has 0 radical (unpaired) electrons. The summed E-state index contributed by atoms with van der Waals surface area (Å²) in [6, 6.07) is 0. The lowest BCUT2D eigenvalue weighted by atomic mass is 9.60. The number of rotatable bonds is 9. The lowest BCUT2D eigenvalue weighted by Gasteiger charge is -2.45. The summed E-state index contributed by atoms with van der Waals surface area (Å²) >= 11 is 0. The molecule has 3 atom stereocenters. The van der Waals surface area contributed by atoms with Gasteiger partial charge < -0.3 is 4.99 Å².